The number of phenols is 6. The van der Waals surface area contributed by atoms with E-state index in [2.05, 4.69) is 81.1 Å². The van der Waals surface area contributed by atoms with E-state index in [4.69, 9.17) is 9.47 Å². The molecule has 0 unspecified atom stereocenters. The molecule has 0 bridgehead atoms. The number of hydrogen-bond donors (Lipinski definition) is 6. The zero-order valence-corrected chi connectivity index (χ0v) is 70.5. The Hall–Kier alpha value is -11.2. The molecule has 14 nitrogen and oxygen atoms in total. The molecule has 13 aromatic carbocycles. The number of aromatic hydroxyl groups is 6. The molecule has 116 heavy (non-hydrogen) atoms. The number of nitrogens with zero attached hydrogens (tertiary/aromatic N) is 6. The number of allylic oxidation sites excluding steroid dienone is 3. The van der Waals surface area contributed by atoms with Crippen LogP contribution in [0.3, 0.4) is 0 Å². The topological polar surface area (TPSA) is 214 Å². The standard InChI is InChI=1S/C19H15NO2.C19H15NO.C16H17NO.C14H15NO2.2C14H13NO.6Co/c21-18-12-6-4-8-15(18)14-20-17-11-5-7-13-19(17)22-16-9-2-1-3-10-16;21-19-13-7-4-10-16(19)14-20-18-12-6-5-11-17(18)15-8-2-1-3-9-15;1-11-8-12(2)16(13(3)9-11)17-10-14-6-4-5-7-15(14)18;1-17-14-9-5-3-7-12(14)15-10-11-6-2-4-8-13(11)16;2*1-11-6-2-4-8-13(11)15-10-12-7-3-5-9-14(12)16;;;;;;/h1-14,21H;1-14,21H;4-10,18H,1-3H3;2,4-6,8-10,16H,3,7H2,1H3;2*2-10,16H,1H3;;;;;;. The molecule has 1 aliphatic rings. The predicted molar refractivity (Wildman–Crippen MR) is 453 cm³/mol. The zero-order chi connectivity index (χ0) is 77.7. The van der Waals surface area contributed by atoms with E-state index in [1.807, 2.05) is 232 Å². The number of phenolic OH excluding ortho intramolecular Hbond substituents is 6. The van der Waals surface area contributed by atoms with Gasteiger partial charge in [-0.1, -0.05) is 212 Å². The van der Waals surface area contributed by atoms with Crippen molar-refractivity contribution in [2.45, 2.75) is 47.5 Å². The van der Waals surface area contributed by atoms with Gasteiger partial charge in [-0.05, 0) is 197 Å². The summed E-state index contributed by atoms with van der Waals surface area (Å²) in [4.78, 5) is 26.5. The normalized spacial score (nSPS) is 11.0. The molecule has 0 fully saturated rings. The summed E-state index contributed by atoms with van der Waals surface area (Å²) in [6.07, 6.45) is 15.9. The number of ether oxygens (including phenoxy) is 2. The van der Waals surface area contributed by atoms with Crippen LogP contribution in [0.1, 0.15) is 74.0 Å². The third kappa shape index (κ3) is 32.2. The molecule has 6 radical (unpaired) electrons. The largest absolute Gasteiger partial charge is 0.507 e. The molecule has 0 aliphatic heterocycles. The summed E-state index contributed by atoms with van der Waals surface area (Å²) in [5, 5.41) is 58.0. The second-order valence-electron chi connectivity index (χ2n) is 24.9. The summed E-state index contributed by atoms with van der Waals surface area (Å²) >= 11 is 0. The summed E-state index contributed by atoms with van der Waals surface area (Å²) < 4.78 is 11.1. The maximum Gasteiger partial charge on any atom is 0.153 e. The molecular weight excluding hydrogens is 1720 g/mol. The van der Waals surface area contributed by atoms with Crippen LogP contribution in [0.5, 0.6) is 46.0 Å². The first-order valence-electron chi connectivity index (χ1n) is 35.6. The monoisotopic (exact) mass is 1810 g/mol. The maximum absolute atomic E-state index is 9.78. The number of para-hydroxylation sites is 12. The number of methoxy groups -OCH3 is 1. The minimum Gasteiger partial charge on any atom is -0.507 e. The van der Waals surface area contributed by atoms with Gasteiger partial charge in [0.1, 0.15) is 51.7 Å². The van der Waals surface area contributed by atoms with Gasteiger partial charge >= 0.3 is 0 Å². The minimum absolute atomic E-state index is 0. The Balaban J connectivity index is 0.000000358. The zero-order valence-electron chi connectivity index (χ0n) is 64.2. The predicted octanol–water partition coefficient (Wildman–Crippen LogP) is 23.7. The third-order valence-corrected chi connectivity index (χ3v) is 16.7. The first kappa shape index (κ1) is 99.0. The van der Waals surface area contributed by atoms with Crippen molar-refractivity contribution < 1.29 is 141 Å². The molecular formula is C96H88Co6N6O8. The molecule has 0 amide bonds. The van der Waals surface area contributed by atoms with Crippen molar-refractivity contribution in [1.29, 1.82) is 0 Å². The van der Waals surface area contributed by atoms with Gasteiger partial charge in [-0.2, -0.15) is 0 Å². The molecule has 604 valence electrons. The number of rotatable bonds is 16. The van der Waals surface area contributed by atoms with E-state index in [1.165, 1.54) is 5.56 Å². The minimum atomic E-state index is 0. The Kier molecular flexibility index (Phi) is 45.9. The molecule has 0 aromatic heterocycles. The molecule has 0 heterocycles. The molecule has 6 N–H and O–H groups in total. The van der Waals surface area contributed by atoms with Gasteiger partial charge < -0.3 is 40.1 Å². The SMILES string of the molecule is COC1=C(N=Cc2ccccc2O)CCC=C1.Cc1cc(C)c(N=Cc2ccccc2O)c(C)c1.Cc1ccccc1N=Cc1ccccc1O.Cc1ccccc1N=Cc1ccccc1O.Oc1ccccc1C=Nc1ccccc1-c1ccccc1.Oc1ccccc1C=Nc1ccccc1Oc1ccccc1.[Co].[Co].[Co].[Co].[Co].[Co]. The van der Waals surface area contributed by atoms with Crippen LogP contribution in [0.2, 0.25) is 0 Å². The maximum atomic E-state index is 9.78. The Morgan fingerprint density at radius 3 is 1.01 bits per heavy atom. The molecule has 13 aromatic rings. The van der Waals surface area contributed by atoms with Gasteiger partial charge in [-0.3, -0.25) is 30.0 Å². The molecule has 0 spiro atoms. The molecule has 1 aliphatic carbocycles. The van der Waals surface area contributed by atoms with Crippen LogP contribution in [0.4, 0.5) is 28.4 Å². The van der Waals surface area contributed by atoms with Crippen molar-refractivity contribution in [3.8, 4) is 57.1 Å². The summed E-state index contributed by atoms with van der Waals surface area (Å²) in [5.74, 6) is 3.65. The Morgan fingerprint density at radius 1 is 0.302 bits per heavy atom. The van der Waals surface area contributed by atoms with Gasteiger partial charge in [0.2, 0.25) is 0 Å². The van der Waals surface area contributed by atoms with Gasteiger partial charge in [0, 0.05) is 177 Å². The van der Waals surface area contributed by atoms with Gasteiger partial charge in [-0.15, -0.1) is 0 Å². The Labute approximate surface area is 742 Å². The molecule has 20 heteroatoms. The Morgan fingerprint density at radius 2 is 0.612 bits per heavy atom. The van der Waals surface area contributed by atoms with Gasteiger partial charge in [0.05, 0.1) is 35.6 Å². The van der Waals surface area contributed by atoms with E-state index in [1.54, 1.807) is 123 Å². The Bertz CT molecular complexity index is 5190. The van der Waals surface area contributed by atoms with E-state index in [0.717, 1.165) is 103 Å². The van der Waals surface area contributed by atoms with Crippen LogP contribution in [0.25, 0.3) is 11.1 Å². The third-order valence-electron chi connectivity index (χ3n) is 16.7. The van der Waals surface area contributed by atoms with Crippen molar-refractivity contribution >= 4 is 65.7 Å². The quantitative estimate of drug-likeness (QED) is 0.0511. The molecule has 0 saturated heterocycles. The van der Waals surface area contributed by atoms with Crippen LogP contribution in [0.15, 0.2) is 369 Å². The smallest absolute Gasteiger partial charge is 0.153 e. The summed E-state index contributed by atoms with van der Waals surface area (Å²) in [6, 6.07) is 98.1. The van der Waals surface area contributed by atoms with Crippen molar-refractivity contribution in [2.24, 2.45) is 30.0 Å². The van der Waals surface area contributed by atoms with Gasteiger partial charge in [0.15, 0.2) is 5.75 Å². The van der Waals surface area contributed by atoms with Crippen LogP contribution in [0, 0.1) is 34.6 Å². The second-order valence-corrected chi connectivity index (χ2v) is 24.9. The van der Waals surface area contributed by atoms with E-state index in [9.17, 15) is 30.6 Å². The van der Waals surface area contributed by atoms with Crippen molar-refractivity contribution in [1.82, 2.24) is 0 Å². The van der Waals surface area contributed by atoms with E-state index in [-0.39, 0.29) is 135 Å². The number of hydrogen-bond acceptors (Lipinski definition) is 14. The average Bonchev–Trinajstić information content (AvgIpc) is 0.844. The van der Waals surface area contributed by atoms with Gasteiger partial charge in [-0.25, -0.2) is 0 Å². The van der Waals surface area contributed by atoms with Crippen molar-refractivity contribution in [3.05, 3.63) is 400 Å². The summed E-state index contributed by atoms with van der Waals surface area (Å²) in [5.41, 5.74) is 17.6. The molecule has 0 saturated carbocycles. The first-order valence-corrected chi connectivity index (χ1v) is 35.6. The van der Waals surface area contributed by atoms with Crippen molar-refractivity contribution in [2.75, 3.05) is 7.11 Å². The van der Waals surface area contributed by atoms with Crippen LogP contribution >= 0.6 is 0 Å². The fourth-order valence-corrected chi connectivity index (χ4v) is 10.9. The number of aryl methyl sites for hydroxylation is 5. The molecule has 14 rings (SSSR count). The number of benzene rings is 13. The number of aliphatic imine (C=N–C) groups is 6. The van der Waals surface area contributed by atoms with Crippen LogP contribution < -0.4 is 4.74 Å². The van der Waals surface area contributed by atoms with Crippen molar-refractivity contribution in [3.63, 3.8) is 0 Å². The van der Waals surface area contributed by atoms with E-state index >= 15 is 0 Å². The fraction of sp³-hybridized carbons (Fsp3) is 0.0833. The summed E-state index contributed by atoms with van der Waals surface area (Å²) in [6.45, 7) is 10.2. The van der Waals surface area contributed by atoms with E-state index < -0.39 is 0 Å². The van der Waals surface area contributed by atoms with E-state index in [0.29, 0.717) is 28.1 Å². The second kappa shape index (κ2) is 53.8. The average molecular weight is 1810 g/mol. The fourth-order valence-electron chi connectivity index (χ4n) is 10.9. The van der Waals surface area contributed by atoms with Crippen LogP contribution in [-0.2, 0) is 105 Å². The molecule has 0 atom stereocenters. The summed E-state index contributed by atoms with van der Waals surface area (Å²) in [7, 11) is 1.64. The van der Waals surface area contributed by atoms with Crippen LogP contribution in [-0.4, -0.2) is 75.0 Å². The first-order chi connectivity index (χ1) is 53.6. The van der Waals surface area contributed by atoms with Gasteiger partial charge in [0.25, 0.3) is 0 Å².